The van der Waals surface area contributed by atoms with Gasteiger partial charge in [0.2, 0.25) is 0 Å². The Hall–Kier alpha value is -0.220. The van der Waals surface area contributed by atoms with Gasteiger partial charge in [-0.25, -0.2) is 0 Å². The molecule has 12 heavy (non-hydrogen) atoms. The average molecular weight is 200 g/mol. The molecule has 0 aromatic carbocycles. The Morgan fingerprint density at radius 1 is 1.50 bits per heavy atom. The summed E-state index contributed by atoms with van der Waals surface area (Å²) in [5.41, 5.74) is 0.0197. The molecule has 0 radical (unpaired) electrons. The Labute approximate surface area is 83.1 Å². The van der Waals surface area contributed by atoms with Crippen molar-refractivity contribution in [2.75, 3.05) is 0 Å². The highest BCUT2D eigenvalue weighted by atomic mass is 32.1. The first-order chi connectivity index (χ1) is 5.62. The number of nitrogens with one attached hydrogen (secondary N) is 2. The van der Waals surface area contributed by atoms with Crippen LogP contribution in [0.4, 0.5) is 0 Å². The Bertz CT molecular complexity index is 251. The minimum atomic E-state index is 0.0197. The van der Waals surface area contributed by atoms with Crippen molar-refractivity contribution in [2.45, 2.75) is 31.7 Å². The van der Waals surface area contributed by atoms with Crippen molar-refractivity contribution in [3.05, 3.63) is 0 Å². The van der Waals surface area contributed by atoms with Gasteiger partial charge in [-0.15, -0.1) is 0 Å². The molecule has 1 saturated heterocycles. The van der Waals surface area contributed by atoms with Gasteiger partial charge >= 0.3 is 0 Å². The van der Waals surface area contributed by atoms with Crippen molar-refractivity contribution in [2.24, 2.45) is 5.92 Å². The van der Waals surface area contributed by atoms with E-state index in [-0.39, 0.29) is 5.54 Å². The zero-order valence-corrected chi connectivity index (χ0v) is 8.65. The summed E-state index contributed by atoms with van der Waals surface area (Å²) < 4.78 is 0. The van der Waals surface area contributed by atoms with Crippen molar-refractivity contribution in [1.29, 1.82) is 0 Å². The van der Waals surface area contributed by atoms with E-state index in [1.165, 1.54) is 6.42 Å². The third-order valence-electron chi connectivity index (χ3n) is 2.78. The van der Waals surface area contributed by atoms with Gasteiger partial charge in [-0.05, 0) is 37.4 Å². The third-order valence-corrected chi connectivity index (χ3v) is 3.47. The van der Waals surface area contributed by atoms with Crippen LogP contribution in [0.15, 0.2) is 0 Å². The van der Waals surface area contributed by atoms with Crippen molar-refractivity contribution in [1.82, 2.24) is 10.6 Å². The van der Waals surface area contributed by atoms with Crippen LogP contribution in [-0.4, -0.2) is 15.6 Å². The van der Waals surface area contributed by atoms with Crippen LogP contribution in [0.3, 0.4) is 0 Å². The number of hydrogen-bond donors (Lipinski definition) is 2. The molecule has 2 unspecified atom stereocenters. The van der Waals surface area contributed by atoms with E-state index in [0.29, 0.717) is 5.11 Å². The van der Waals surface area contributed by atoms with E-state index in [2.05, 4.69) is 17.6 Å². The molecule has 2 atom stereocenters. The van der Waals surface area contributed by atoms with E-state index in [1.54, 1.807) is 0 Å². The maximum absolute atomic E-state index is 5.26. The fourth-order valence-electron chi connectivity index (χ4n) is 2.14. The SMILES string of the molecule is CC1CCC2(C1)NC(=S)NC2=S. The lowest BCUT2D eigenvalue weighted by Crippen LogP contribution is -2.43. The van der Waals surface area contributed by atoms with Gasteiger partial charge in [0.15, 0.2) is 5.11 Å². The van der Waals surface area contributed by atoms with Crippen LogP contribution >= 0.6 is 24.4 Å². The molecule has 1 saturated carbocycles. The largest absolute Gasteiger partial charge is 0.351 e. The van der Waals surface area contributed by atoms with E-state index in [1.807, 2.05) is 0 Å². The Kier molecular flexibility index (Phi) is 1.84. The summed E-state index contributed by atoms with van der Waals surface area (Å²) in [5, 5.41) is 7.01. The molecule has 2 rings (SSSR count). The van der Waals surface area contributed by atoms with Crippen molar-refractivity contribution in [3.8, 4) is 0 Å². The molecule has 66 valence electrons. The lowest BCUT2D eigenvalue weighted by atomic mass is 9.98. The Morgan fingerprint density at radius 3 is 2.67 bits per heavy atom. The zero-order valence-electron chi connectivity index (χ0n) is 7.02. The zero-order chi connectivity index (χ0) is 8.77. The quantitative estimate of drug-likeness (QED) is 0.576. The van der Waals surface area contributed by atoms with Crippen LogP contribution in [0.25, 0.3) is 0 Å². The molecule has 1 aliphatic heterocycles. The highest BCUT2D eigenvalue weighted by molar-refractivity contribution is 7.82. The summed E-state index contributed by atoms with van der Waals surface area (Å²) in [6.45, 7) is 2.26. The lowest BCUT2D eigenvalue weighted by Gasteiger charge is -2.21. The summed E-state index contributed by atoms with van der Waals surface area (Å²) in [4.78, 5) is 0.900. The van der Waals surface area contributed by atoms with Crippen LogP contribution in [0, 0.1) is 5.92 Å². The van der Waals surface area contributed by atoms with Gasteiger partial charge in [0.25, 0.3) is 0 Å². The monoisotopic (exact) mass is 200 g/mol. The normalized spacial score (nSPS) is 40.2. The maximum atomic E-state index is 5.26. The second-order valence-corrected chi connectivity index (χ2v) is 4.65. The Balaban J connectivity index is 2.22. The van der Waals surface area contributed by atoms with Crippen LogP contribution in [0.1, 0.15) is 26.2 Å². The van der Waals surface area contributed by atoms with E-state index in [9.17, 15) is 0 Å². The number of rotatable bonds is 0. The van der Waals surface area contributed by atoms with Gasteiger partial charge in [-0.1, -0.05) is 19.1 Å². The van der Waals surface area contributed by atoms with Crippen LogP contribution in [0.5, 0.6) is 0 Å². The summed E-state index contributed by atoms with van der Waals surface area (Å²) in [7, 11) is 0. The molecule has 2 N–H and O–H groups in total. The minimum absolute atomic E-state index is 0.0197. The van der Waals surface area contributed by atoms with Crippen LogP contribution in [-0.2, 0) is 0 Å². The summed E-state index contributed by atoms with van der Waals surface area (Å²) in [6, 6.07) is 0. The number of thiocarbonyl (C=S) groups is 2. The fourth-order valence-corrected chi connectivity index (χ4v) is 2.84. The predicted octanol–water partition coefficient (Wildman–Crippen LogP) is 1.35. The molecule has 2 aliphatic rings. The van der Waals surface area contributed by atoms with Gasteiger partial charge in [0, 0.05) is 0 Å². The second-order valence-electron chi connectivity index (χ2n) is 3.84. The van der Waals surface area contributed by atoms with Crippen LogP contribution in [0.2, 0.25) is 0 Å². The third kappa shape index (κ3) is 1.13. The fraction of sp³-hybridized carbons (Fsp3) is 0.750. The highest BCUT2D eigenvalue weighted by Gasteiger charge is 2.45. The molecule has 0 amide bonds. The summed E-state index contributed by atoms with van der Waals surface area (Å²) in [6.07, 6.45) is 3.50. The smallest absolute Gasteiger partial charge is 0.172 e. The molecule has 0 aromatic rings. The topological polar surface area (TPSA) is 24.1 Å². The first-order valence-corrected chi connectivity index (χ1v) is 5.08. The molecule has 1 aliphatic carbocycles. The molecule has 1 heterocycles. The molecular weight excluding hydrogens is 188 g/mol. The highest BCUT2D eigenvalue weighted by Crippen LogP contribution is 2.36. The van der Waals surface area contributed by atoms with Crippen molar-refractivity contribution < 1.29 is 0 Å². The molecule has 0 aromatic heterocycles. The molecule has 2 nitrogen and oxygen atoms in total. The lowest BCUT2D eigenvalue weighted by molar-refractivity contribution is 0.516. The van der Waals surface area contributed by atoms with Crippen molar-refractivity contribution >= 4 is 34.5 Å². The van der Waals surface area contributed by atoms with E-state index < -0.39 is 0 Å². The van der Waals surface area contributed by atoms with Gasteiger partial charge in [0.1, 0.15) is 4.99 Å². The minimum Gasteiger partial charge on any atom is -0.351 e. The van der Waals surface area contributed by atoms with Crippen LogP contribution < -0.4 is 10.6 Å². The van der Waals surface area contributed by atoms with Gasteiger partial charge in [-0.3, -0.25) is 0 Å². The first-order valence-electron chi connectivity index (χ1n) is 4.26. The van der Waals surface area contributed by atoms with E-state index >= 15 is 0 Å². The molecule has 2 fully saturated rings. The standard InChI is InChI=1S/C8H12N2S2/c1-5-2-3-8(4-5)6(11)9-7(12)10-8/h5H,2-4H2,1H3,(H2,9,10,11,12). The van der Waals surface area contributed by atoms with Crippen molar-refractivity contribution in [3.63, 3.8) is 0 Å². The first kappa shape index (κ1) is 8.38. The molecule has 4 heteroatoms. The summed E-state index contributed by atoms with van der Waals surface area (Å²) >= 11 is 10.3. The molecule has 0 bridgehead atoms. The molecule has 1 spiro atoms. The predicted molar refractivity (Wildman–Crippen MR) is 57.2 cm³/mol. The maximum Gasteiger partial charge on any atom is 0.172 e. The Morgan fingerprint density at radius 2 is 2.25 bits per heavy atom. The average Bonchev–Trinajstić information content (AvgIpc) is 2.43. The second kappa shape index (κ2) is 2.64. The summed E-state index contributed by atoms with van der Waals surface area (Å²) in [5.74, 6) is 0.762. The number of hydrogen-bond acceptors (Lipinski definition) is 2. The van der Waals surface area contributed by atoms with Gasteiger partial charge < -0.3 is 10.6 Å². The van der Waals surface area contributed by atoms with Gasteiger partial charge in [0.05, 0.1) is 5.54 Å². The van der Waals surface area contributed by atoms with Gasteiger partial charge in [-0.2, -0.15) is 0 Å². The van der Waals surface area contributed by atoms with E-state index in [0.717, 1.165) is 23.7 Å². The van der Waals surface area contributed by atoms with E-state index in [4.69, 9.17) is 24.4 Å². The molecular formula is C8H12N2S2.